The molecule has 1 fully saturated rings. The van der Waals surface area contributed by atoms with E-state index < -0.39 is 12.0 Å². The molecule has 0 radical (unpaired) electrons. The number of aliphatic carboxylic acids is 1. The van der Waals surface area contributed by atoms with Crippen molar-refractivity contribution in [3.63, 3.8) is 0 Å². The quantitative estimate of drug-likeness (QED) is 0.905. The van der Waals surface area contributed by atoms with Crippen LogP contribution in [0.5, 0.6) is 0 Å². The van der Waals surface area contributed by atoms with Crippen molar-refractivity contribution in [2.75, 3.05) is 6.54 Å². The first kappa shape index (κ1) is 12.6. The molecule has 0 bridgehead atoms. The summed E-state index contributed by atoms with van der Waals surface area (Å²) in [5.41, 5.74) is 1.04. The largest absolute Gasteiger partial charge is 0.480 e. The molecular formula is C15H14N2O3. The molecule has 2 heterocycles. The second kappa shape index (κ2) is 4.92. The summed E-state index contributed by atoms with van der Waals surface area (Å²) in [6, 6.07) is 10.3. The number of likely N-dealkylation sites (tertiary alicyclic amines) is 1. The van der Waals surface area contributed by atoms with Crippen LogP contribution in [0.2, 0.25) is 0 Å². The number of benzene rings is 1. The zero-order valence-corrected chi connectivity index (χ0v) is 10.8. The fourth-order valence-corrected chi connectivity index (χ4v) is 2.60. The Morgan fingerprint density at radius 2 is 2.00 bits per heavy atom. The molecule has 0 saturated carbocycles. The highest BCUT2D eigenvalue weighted by Gasteiger charge is 2.34. The number of carboxylic acid groups (broad SMARTS) is 1. The lowest BCUT2D eigenvalue weighted by molar-refractivity contribution is -0.141. The molecule has 0 aliphatic carbocycles. The molecule has 1 saturated heterocycles. The lowest BCUT2D eigenvalue weighted by atomic mass is 10.2. The predicted octanol–water partition coefficient (Wildman–Crippen LogP) is 1.92. The molecule has 5 heteroatoms. The molecule has 102 valence electrons. The van der Waals surface area contributed by atoms with Crippen LogP contribution in [0, 0.1) is 0 Å². The molecule has 1 amide bonds. The van der Waals surface area contributed by atoms with E-state index in [1.807, 2.05) is 30.3 Å². The number of para-hydroxylation sites is 1. The van der Waals surface area contributed by atoms with Crippen molar-refractivity contribution < 1.29 is 14.7 Å². The SMILES string of the molecule is O=C(O)C1CCCN1C(=O)c1ccc2ccccc2n1. The van der Waals surface area contributed by atoms with Gasteiger partial charge in [-0.05, 0) is 25.0 Å². The molecule has 1 atom stereocenters. The highest BCUT2D eigenvalue weighted by molar-refractivity contribution is 5.97. The van der Waals surface area contributed by atoms with E-state index in [1.165, 1.54) is 4.90 Å². The zero-order valence-electron chi connectivity index (χ0n) is 10.8. The smallest absolute Gasteiger partial charge is 0.326 e. The van der Waals surface area contributed by atoms with Crippen LogP contribution < -0.4 is 0 Å². The van der Waals surface area contributed by atoms with E-state index in [0.29, 0.717) is 18.7 Å². The minimum Gasteiger partial charge on any atom is -0.480 e. The molecule has 1 aliphatic heterocycles. The van der Waals surface area contributed by atoms with E-state index in [2.05, 4.69) is 4.98 Å². The Bertz CT molecular complexity index is 684. The van der Waals surface area contributed by atoms with Crippen molar-refractivity contribution in [2.24, 2.45) is 0 Å². The Morgan fingerprint density at radius 1 is 1.20 bits per heavy atom. The molecule has 1 N–H and O–H groups in total. The van der Waals surface area contributed by atoms with E-state index in [0.717, 1.165) is 17.3 Å². The third-order valence-corrected chi connectivity index (χ3v) is 3.62. The highest BCUT2D eigenvalue weighted by Crippen LogP contribution is 2.21. The van der Waals surface area contributed by atoms with Gasteiger partial charge in [0, 0.05) is 11.9 Å². The summed E-state index contributed by atoms with van der Waals surface area (Å²) in [7, 11) is 0. The Hall–Kier alpha value is -2.43. The second-order valence-corrected chi connectivity index (χ2v) is 4.88. The van der Waals surface area contributed by atoms with Gasteiger partial charge < -0.3 is 10.0 Å². The lowest BCUT2D eigenvalue weighted by Crippen LogP contribution is -2.40. The van der Waals surface area contributed by atoms with Crippen molar-refractivity contribution in [3.8, 4) is 0 Å². The van der Waals surface area contributed by atoms with Crippen molar-refractivity contribution in [3.05, 3.63) is 42.1 Å². The Balaban J connectivity index is 1.94. The Labute approximate surface area is 115 Å². The fraction of sp³-hybridized carbons (Fsp3) is 0.267. The average Bonchev–Trinajstić information content (AvgIpc) is 2.95. The third-order valence-electron chi connectivity index (χ3n) is 3.62. The minimum absolute atomic E-state index is 0.303. The maximum Gasteiger partial charge on any atom is 0.326 e. The molecule has 1 aromatic carbocycles. The van der Waals surface area contributed by atoms with Gasteiger partial charge in [0.1, 0.15) is 11.7 Å². The summed E-state index contributed by atoms with van der Waals surface area (Å²) in [4.78, 5) is 29.3. The number of nitrogens with zero attached hydrogens (tertiary/aromatic N) is 2. The molecule has 1 aromatic heterocycles. The van der Waals surface area contributed by atoms with Gasteiger partial charge in [0.05, 0.1) is 5.52 Å². The third kappa shape index (κ3) is 2.11. The summed E-state index contributed by atoms with van der Waals surface area (Å²) in [6.45, 7) is 0.476. The summed E-state index contributed by atoms with van der Waals surface area (Å²) in [6.07, 6.45) is 1.23. The van der Waals surface area contributed by atoms with Crippen molar-refractivity contribution in [1.82, 2.24) is 9.88 Å². The van der Waals surface area contributed by atoms with Crippen LogP contribution in [0.4, 0.5) is 0 Å². The first-order valence-corrected chi connectivity index (χ1v) is 6.56. The van der Waals surface area contributed by atoms with E-state index in [-0.39, 0.29) is 5.91 Å². The van der Waals surface area contributed by atoms with E-state index in [1.54, 1.807) is 6.07 Å². The standard InChI is InChI=1S/C15H14N2O3/c18-14(17-9-3-6-13(17)15(19)20)12-8-7-10-4-1-2-5-11(10)16-12/h1-2,4-5,7-8,13H,3,6,9H2,(H,19,20). The number of hydrogen-bond donors (Lipinski definition) is 1. The predicted molar refractivity (Wildman–Crippen MR) is 73.4 cm³/mol. The number of rotatable bonds is 2. The Morgan fingerprint density at radius 3 is 2.80 bits per heavy atom. The summed E-state index contributed by atoms with van der Waals surface area (Å²) in [5, 5.41) is 10.1. The zero-order chi connectivity index (χ0) is 14.1. The van der Waals surface area contributed by atoms with Crippen LogP contribution in [0.15, 0.2) is 36.4 Å². The highest BCUT2D eigenvalue weighted by atomic mass is 16.4. The van der Waals surface area contributed by atoms with Gasteiger partial charge in [0.15, 0.2) is 0 Å². The molecule has 5 nitrogen and oxygen atoms in total. The second-order valence-electron chi connectivity index (χ2n) is 4.88. The lowest BCUT2D eigenvalue weighted by Gasteiger charge is -2.20. The van der Waals surface area contributed by atoms with Crippen LogP contribution in [-0.4, -0.2) is 39.5 Å². The summed E-state index contributed by atoms with van der Waals surface area (Å²) >= 11 is 0. The van der Waals surface area contributed by atoms with Crippen LogP contribution >= 0.6 is 0 Å². The number of amides is 1. The van der Waals surface area contributed by atoms with Crippen molar-refractivity contribution in [2.45, 2.75) is 18.9 Å². The van der Waals surface area contributed by atoms with Crippen LogP contribution in [-0.2, 0) is 4.79 Å². The first-order chi connectivity index (χ1) is 9.66. The molecule has 3 rings (SSSR count). The van der Waals surface area contributed by atoms with Crippen LogP contribution in [0.3, 0.4) is 0 Å². The van der Waals surface area contributed by atoms with E-state index in [4.69, 9.17) is 5.11 Å². The number of carbonyl (C=O) groups is 2. The molecule has 0 spiro atoms. The van der Waals surface area contributed by atoms with Crippen molar-refractivity contribution >= 4 is 22.8 Å². The average molecular weight is 270 g/mol. The number of carboxylic acids is 1. The molecule has 2 aromatic rings. The first-order valence-electron chi connectivity index (χ1n) is 6.56. The molecule has 20 heavy (non-hydrogen) atoms. The fourth-order valence-electron chi connectivity index (χ4n) is 2.60. The van der Waals surface area contributed by atoms with E-state index in [9.17, 15) is 9.59 Å². The van der Waals surface area contributed by atoms with Gasteiger partial charge in [-0.2, -0.15) is 0 Å². The number of pyridine rings is 1. The Kier molecular flexibility index (Phi) is 3.10. The summed E-state index contributed by atoms with van der Waals surface area (Å²) < 4.78 is 0. The number of fused-ring (bicyclic) bond motifs is 1. The van der Waals surface area contributed by atoms with E-state index >= 15 is 0 Å². The topological polar surface area (TPSA) is 70.5 Å². The molecule has 1 aliphatic rings. The van der Waals surface area contributed by atoms with Gasteiger partial charge in [0.25, 0.3) is 5.91 Å². The van der Waals surface area contributed by atoms with Gasteiger partial charge in [-0.25, -0.2) is 9.78 Å². The number of carbonyl (C=O) groups excluding carboxylic acids is 1. The van der Waals surface area contributed by atoms with Crippen LogP contribution in [0.25, 0.3) is 10.9 Å². The molecule has 1 unspecified atom stereocenters. The van der Waals surface area contributed by atoms with Gasteiger partial charge in [-0.1, -0.05) is 24.3 Å². The maximum absolute atomic E-state index is 12.4. The minimum atomic E-state index is -0.948. The van der Waals surface area contributed by atoms with Crippen molar-refractivity contribution in [1.29, 1.82) is 0 Å². The van der Waals surface area contributed by atoms with Gasteiger partial charge in [-0.3, -0.25) is 4.79 Å². The van der Waals surface area contributed by atoms with Gasteiger partial charge >= 0.3 is 5.97 Å². The van der Waals surface area contributed by atoms with Gasteiger partial charge in [0.2, 0.25) is 0 Å². The normalized spacial score (nSPS) is 18.4. The number of aromatic nitrogens is 1. The summed E-state index contributed by atoms with van der Waals surface area (Å²) in [5.74, 6) is -1.25. The monoisotopic (exact) mass is 270 g/mol. The van der Waals surface area contributed by atoms with Crippen LogP contribution in [0.1, 0.15) is 23.3 Å². The maximum atomic E-state index is 12.4. The van der Waals surface area contributed by atoms with Gasteiger partial charge in [-0.15, -0.1) is 0 Å². The molecular weight excluding hydrogens is 256 g/mol. The number of hydrogen-bond acceptors (Lipinski definition) is 3.